The van der Waals surface area contributed by atoms with E-state index in [1.165, 1.54) is 0 Å². The predicted molar refractivity (Wildman–Crippen MR) is 61.2 cm³/mol. The summed E-state index contributed by atoms with van der Waals surface area (Å²) in [6, 6.07) is 5.29. The van der Waals surface area contributed by atoms with E-state index in [2.05, 4.69) is 6.58 Å². The first-order chi connectivity index (χ1) is 7.81. The van der Waals surface area contributed by atoms with Crippen LogP contribution in [0.3, 0.4) is 0 Å². The van der Waals surface area contributed by atoms with Gasteiger partial charge in [-0.15, -0.1) is 6.58 Å². The summed E-state index contributed by atoms with van der Waals surface area (Å²) in [5.41, 5.74) is 0.643. The van der Waals surface area contributed by atoms with Crippen LogP contribution in [0.1, 0.15) is 23.2 Å². The Kier molecular flexibility index (Phi) is 3.25. The highest BCUT2D eigenvalue weighted by atomic mass is 16.5. The predicted octanol–water partition coefficient (Wildman–Crippen LogP) is 2.61. The van der Waals surface area contributed by atoms with Crippen molar-refractivity contribution in [1.29, 1.82) is 0 Å². The van der Waals surface area contributed by atoms with E-state index < -0.39 is 0 Å². The average Bonchev–Trinajstić information content (AvgIpc) is 2.53. The summed E-state index contributed by atoms with van der Waals surface area (Å²) in [5, 5.41) is 0. The van der Waals surface area contributed by atoms with Gasteiger partial charge in [-0.2, -0.15) is 0 Å². The first-order valence-electron chi connectivity index (χ1n) is 5.35. The Balaban J connectivity index is 2.26. The standard InChI is InChI=1S/C13H14O3/c1-2-4-11(14)10-5-6-12-13(9-10)16-8-3-7-15-12/h2,5-6,9H,1,3-4,7-8H2. The number of hydrogen-bond acceptors (Lipinski definition) is 3. The van der Waals surface area contributed by atoms with Crippen molar-refractivity contribution in [2.75, 3.05) is 13.2 Å². The zero-order valence-electron chi connectivity index (χ0n) is 9.07. The van der Waals surface area contributed by atoms with Gasteiger partial charge in [0.1, 0.15) is 0 Å². The maximum absolute atomic E-state index is 11.6. The smallest absolute Gasteiger partial charge is 0.166 e. The molecule has 2 rings (SSSR count). The van der Waals surface area contributed by atoms with Gasteiger partial charge < -0.3 is 9.47 Å². The molecule has 0 radical (unpaired) electrons. The number of carbonyl (C=O) groups is 1. The van der Waals surface area contributed by atoms with E-state index >= 15 is 0 Å². The lowest BCUT2D eigenvalue weighted by atomic mass is 10.1. The van der Waals surface area contributed by atoms with Crippen LogP contribution < -0.4 is 9.47 Å². The molecule has 0 spiro atoms. The summed E-state index contributed by atoms with van der Waals surface area (Å²) in [6.45, 7) is 4.84. The lowest BCUT2D eigenvalue weighted by Crippen LogP contribution is -1.99. The second-order valence-corrected chi connectivity index (χ2v) is 3.63. The second-order valence-electron chi connectivity index (χ2n) is 3.63. The third kappa shape index (κ3) is 2.24. The summed E-state index contributed by atoms with van der Waals surface area (Å²) in [4.78, 5) is 11.6. The molecule has 0 amide bonds. The molecule has 0 bridgehead atoms. The molecule has 1 aliphatic rings. The van der Waals surface area contributed by atoms with Crippen LogP contribution >= 0.6 is 0 Å². The molecule has 16 heavy (non-hydrogen) atoms. The number of hydrogen-bond donors (Lipinski definition) is 0. The van der Waals surface area contributed by atoms with E-state index in [1.54, 1.807) is 24.3 Å². The van der Waals surface area contributed by atoms with Crippen molar-refractivity contribution in [1.82, 2.24) is 0 Å². The molecule has 1 heterocycles. The Labute approximate surface area is 94.7 Å². The Bertz CT molecular complexity index is 410. The SMILES string of the molecule is C=CCC(=O)c1ccc2c(c1)OCCCO2. The maximum Gasteiger partial charge on any atom is 0.166 e. The van der Waals surface area contributed by atoms with Crippen LogP contribution in [0.4, 0.5) is 0 Å². The number of ketones is 1. The highest BCUT2D eigenvalue weighted by molar-refractivity contribution is 5.97. The lowest BCUT2D eigenvalue weighted by molar-refractivity contribution is 0.0995. The molecule has 3 heteroatoms. The number of carbonyl (C=O) groups excluding carboxylic acids is 1. The summed E-state index contributed by atoms with van der Waals surface area (Å²) in [5.74, 6) is 1.42. The van der Waals surface area contributed by atoms with Gasteiger partial charge in [-0.3, -0.25) is 4.79 Å². The molecule has 0 aromatic heterocycles. The largest absolute Gasteiger partial charge is 0.490 e. The van der Waals surface area contributed by atoms with E-state index in [-0.39, 0.29) is 5.78 Å². The molecule has 1 aromatic carbocycles. The van der Waals surface area contributed by atoms with Gasteiger partial charge in [0.2, 0.25) is 0 Å². The molecule has 1 aliphatic heterocycles. The van der Waals surface area contributed by atoms with Gasteiger partial charge in [0.25, 0.3) is 0 Å². The first-order valence-corrected chi connectivity index (χ1v) is 5.35. The number of allylic oxidation sites excluding steroid dienone is 1. The Hall–Kier alpha value is -1.77. The zero-order valence-corrected chi connectivity index (χ0v) is 9.07. The van der Waals surface area contributed by atoms with Crippen LogP contribution in [0.5, 0.6) is 11.5 Å². The topological polar surface area (TPSA) is 35.5 Å². The fourth-order valence-corrected chi connectivity index (χ4v) is 1.59. The molecule has 0 saturated carbocycles. The van der Waals surface area contributed by atoms with Gasteiger partial charge in [0.05, 0.1) is 13.2 Å². The van der Waals surface area contributed by atoms with E-state index in [0.29, 0.717) is 36.7 Å². The Morgan fingerprint density at radius 1 is 1.31 bits per heavy atom. The molecule has 3 nitrogen and oxygen atoms in total. The van der Waals surface area contributed by atoms with Gasteiger partial charge in [0.15, 0.2) is 17.3 Å². The van der Waals surface area contributed by atoms with Crippen LogP contribution in [0, 0.1) is 0 Å². The minimum atomic E-state index is 0.0469. The maximum atomic E-state index is 11.6. The molecule has 84 valence electrons. The van der Waals surface area contributed by atoms with Gasteiger partial charge in [-0.25, -0.2) is 0 Å². The van der Waals surface area contributed by atoms with Gasteiger partial charge in [0, 0.05) is 18.4 Å². The fourth-order valence-electron chi connectivity index (χ4n) is 1.59. The lowest BCUT2D eigenvalue weighted by Gasteiger charge is -2.08. The van der Waals surface area contributed by atoms with Crippen molar-refractivity contribution in [2.45, 2.75) is 12.8 Å². The van der Waals surface area contributed by atoms with Crippen LogP contribution in [0.25, 0.3) is 0 Å². The van der Waals surface area contributed by atoms with Gasteiger partial charge >= 0.3 is 0 Å². The number of rotatable bonds is 3. The van der Waals surface area contributed by atoms with Crippen LogP contribution in [-0.4, -0.2) is 19.0 Å². The minimum absolute atomic E-state index is 0.0469. The van der Waals surface area contributed by atoms with Crippen molar-refractivity contribution in [2.24, 2.45) is 0 Å². The third-order valence-electron chi connectivity index (χ3n) is 2.40. The molecule has 0 fully saturated rings. The first kappa shape index (κ1) is 10.7. The fraction of sp³-hybridized carbons (Fsp3) is 0.308. The molecule has 0 N–H and O–H groups in total. The second kappa shape index (κ2) is 4.84. The average molecular weight is 218 g/mol. The monoisotopic (exact) mass is 218 g/mol. The molecular formula is C13H14O3. The molecule has 0 aliphatic carbocycles. The summed E-state index contributed by atoms with van der Waals surface area (Å²) in [6.07, 6.45) is 2.82. The van der Waals surface area contributed by atoms with Crippen LogP contribution in [0.15, 0.2) is 30.9 Å². The molecule has 1 aromatic rings. The molecular weight excluding hydrogens is 204 g/mol. The van der Waals surface area contributed by atoms with Crippen LogP contribution in [-0.2, 0) is 0 Å². The molecule has 0 atom stereocenters. The van der Waals surface area contributed by atoms with Crippen molar-refractivity contribution in [3.05, 3.63) is 36.4 Å². The van der Waals surface area contributed by atoms with E-state index in [4.69, 9.17) is 9.47 Å². The number of fused-ring (bicyclic) bond motifs is 1. The zero-order chi connectivity index (χ0) is 11.4. The van der Waals surface area contributed by atoms with Crippen molar-refractivity contribution < 1.29 is 14.3 Å². The highest BCUT2D eigenvalue weighted by Gasteiger charge is 2.13. The quantitative estimate of drug-likeness (QED) is 0.578. The third-order valence-corrected chi connectivity index (χ3v) is 2.40. The van der Waals surface area contributed by atoms with Crippen molar-refractivity contribution >= 4 is 5.78 Å². The van der Waals surface area contributed by atoms with E-state index in [0.717, 1.165) is 6.42 Å². The molecule has 0 saturated heterocycles. The number of Topliss-reactive ketones (excluding diaryl/α,β-unsaturated/α-hetero) is 1. The highest BCUT2D eigenvalue weighted by Crippen LogP contribution is 2.30. The van der Waals surface area contributed by atoms with Crippen LogP contribution in [0.2, 0.25) is 0 Å². The van der Waals surface area contributed by atoms with Gasteiger partial charge in [-0.1, -0.05) is 6.08 Å². The summed E-state index contributed by atoms with van der Waals surface area (Å²) < 4.78 is 11.0. The normalized spacial score (nSPS) is 14.0. The van der Waals surface area contributed by atoms with E-state index in [1.807, 2.05) is 0 Å². The number of ether oxygens (including phenoxy) is 2. The molecule has 0 unspecified atom stereocenters. The van der Waals surface area contributed by atoms with Gasteiger partial charge in [-0.05, 0) is 18.2 Å². The number of benzene rings is 1. The summed E-state index contributed by atoms with van der Waals surface area (Å²) in [7, 11) is 0. The van der Waals surface area contributed by atoms with E-state index in [9.17, 15) is 4.79 Å². The Morgan fingerprint density at radius 3 is 2.81 bits per heavy atom. The summed E-state index contributed by atoms with van der Waals surface area (Å²) >= 11 is 0. The minimum Gasteiger partial charge on any atom is -0.490 e. The van der Waals surface area contributed by atoms with Crippen molar-refractivity contribution in [3.8, 4) is 11.5 Å². The Morgan fingerprint density at radius 2 is 2.06 bits per heavy atom. The van der Waals surface area contributed by atoms with Crippen molar-refractivity contribution in [3.63, 3.8) is 0 Å².